The van der Waals surface area contributed by atoms with Crippen LogP contribution in [0, 0.1) is 0 Å². The quantitative estimate of drug-likeness (QED) is 0.677. The fraction of sp³-hybridized carbons (Fsp3) is 0.529. The zero-order valence-corrected chi connectivity index (χ0v) is 15.7. The SMILES string of the molecule is O=C(CS(=O)(=O)NC(=O)Nc1c2c(cc3c1CCC3)CCC2)NCC(F)(F)F. The van der Waals surface area contributed by atoms with Gasteiger partial charge in [-0.25, -0.2) is 17.9 Å². The van der Waals surface area contributed by atoms with Crippen LogP contribution in [0.15, 0.2) is 6.07 Å². The highest BCUT2D eigenvalue weighted by atomic mass is 32.2. The number of halogens is 3. The van der Waals surface area contributed by atoms with E-state index in [4.69, 9.17) is 0 Å². The van der Waals surface area contributed by atoms with Gasteiger partial charge >= 0.3 is 12.2 Å². The summed E-state index contributed by atoms with van der Waals surface area (Å²) in [6, 6.07) is 1.12. The second-order valence-electron chi connectivity index (χ2n) is 6.94. The second-order valence-corrected chi connectivity index (χ2v) is 8.66. The third kappa shape index (κ3) is 4.94. The number of alkyl halides is 3. The van der Waals surface area contributed by atoms with Gasteiger partial charge in [-0.05, 0) is 60.8 Å². The largest absolute Gasteiger partial charge is 0.405 e. The summed E-state index contributed by atoms with van der Waals surface area (Å²) in [6.07, 6.45) is 0.611. The summed E-state index contributed by atoms with van der Waals surface area (Å²) < 4.78 is 61.8. The average molecular weight is 419 g/mol. The van der Waals surface area contributed by atoms with Crippen LogP contribution < -0.4 is 15.4 Å². The number of carbonyl (C=O) groups excluding carboxylic acids is 2. The Morgan fingerprint density at radius 3 is 2.11 bits per heavy atom. The molecular weight excluding hydrogens is 399 g/mol. The van der Waals surface area contributed by atoms with E-state index >= 15 is 0 Å². The number of urea groups is 1. The molecule has 2 aliphatic carbocycles. The minimum atomic E-state index is -4.65. The molecule has 0 fully saturated rings. The van der Waals surface area contributed by atoms with Gasteiger partial charge in [0.2, 0.25) is 15.9 Å². The number of benzene rings is 1. The van der Waals surface area contributed by atoms with Crippen molar-refractivity contribution in [3.8, 4) is 0 Å². The van der Waals surface area contributed by atoms with Crippen LogP contribution in [0.2, 0.25) is 0 Å². The second kappa shape index (κ2) is 7.61. The van der Waals surface area contributed by atoms with Crippen molar-refractivity contribution in [3.63, 3.8) is 0 Å². The molecule has 0 radical (unpaired) electrons. The molecule has 0 aromatic heterocycles. The number of fused-ring (bicyclic) bond motifs is 2. The van der Waals surface area contributed by atoms with E-state index in [1.54, 1.807) is 4.72 Å². The Morgan fingerprint density at radius 2 is 1.57 bits per heavy atom. The first-order valence-electron chi connectivity index (χ1n) is 8.85. The van der Waals surface area contributed by atoms with E-state index < -0.39 is 40.4 Å². The minimum Gasteiger partial charge on any atom is -0.346 e. The van der Waals surface area contributed by atoms with Crippen LogP contribution >= 0.6 is 0 Å². The Bertz CT molecular complexity index is 881. The first-order chi connectivity index (χ1) is 13.0. The molecule has 0 saturated heterocycles. The van der Waals surface area contributed by atoms with Crippen LogP contribution in [-0.2, 0) is 40.5 Å². The molecule has 11 heteroatoms. The first-order valence-corrected chi connectivity index (χ1v) is 10.5. The van der Waals surface area contributed by atoms with Crippen molar-refractivity contribution in [1.82, 2.24) is 10.0 Å². The Morgan fingerprint density at radius 1 is 1.00 bits per heavy atom. The van der Waals surface area contributed by atoms with Gasteiger partial charge in [0.15, 0.2) is 0 Å². The predicted octanol–water partition coefficient (Wildman–Crippen LogP) is 1.79. The van der Waals surface area contributed by atoms with Crippen LogP contribution in [0.3, 0.4) is 0 Å². The molecular formula is C17H20F3N3O4S. The Balaban J connectivity index is 1.65. The van der Waals surface area contributed by atoms with E-state index in [2.05, 4.69) is 11.4 Å². The molecule has 28 heavy (non-hydrogen) atoms. The Kier molecular flexibility index (Phi) is 5.55. The zero-order valence-electron chi connectivity index (χ0n) is 14.9. The fourth-order valence-corrected chi connectivity index (χ4v) is 4.56. The van der Waals surface area contributed by atoms with Gasteiger partial charge in [0.25, 0.3) is 0 Å². The van der Waals surface area contributed by atoms with Crippen LogP contribution in [0.25, 0.3) is 0 Å². The maximum absolute atomic E-state index is 12.2. The minimum absolute atomic E-state index is 0.622. The number of hydrogen-bond acceptors (Lipinski definition) is 4. The third-order valence-corrected chi connectivity index (χ3v) is 5.91. The van der Waals surface area contributed by atoms with Gasteiger partial charge in [0, 0.05) is 5.69 Å². The Labute approximate surface area is 160 Å². The maximum atomic E-state index is 12.2. The summed E-state index contributed by atoms with van der Waals surface area (Å²) >= 11 is 0. The lowest BCUT2D eigenvalue weighted by Gasteiger charge is -2.16. The van der Waals surface area contributed by atoms with Crippen LogP contribution in [-0.4, -0.2) is 38.8 Å². The molecule has 3 N–H and O–H groups in total. The highest BCUT2D eigenvalue weighted by molar-refractivity contribution is 7.90. The zero-order chi connectivity index (χ0) is 20.5. The van der Waals surface area contributed by atoms with Crippen molar-refractivity contribution in [2.24, 2.45) is 0 Å². The molecule has 0 saturated carbocycles. The van der Waals surface area contributed by atoms with Gasteiger partial charge in [-0.3, -0.25) is 4.79 Å². The van der Waals surface area contributed by atoms with Gasteiger partial charge in [0.1, 0.15) is 12.3 Å². The predicted molar refractivity (Wildman–Crippen MR) is 95.5 cm³/mol. The standard InChI is InChI=1S/C17H20F3N3O4S/c18-17(19,20)9-21-14(24)8-28(26,27)23-16(25)22-15-12-5-1-3-10(12)7-11-4-2-6-13(11)15/h7H,1-6,8-9H2,(H,21,24)(H2,22,23,25). The van der Waals surface area contributed by atoms with Crippen molar-refractivity contribution in [3.05, 3.63) is 28.3 Å². The Hall–Kier alpha value is -2.30. The fourth-order valence-electron chi connectivity index (χ4n) is 3.71. The number of aryl methyl sites for hydroxylation is 2. The van der Waals surface area contributed by atoms with E-state index in [9.17, 15) is 31.2 Å². The van der Waals surface area contributed by atoms with Crippen LogP contribution in [0.1, 0.15) is 35.1 Å². The van der Waals surface area contributed by atoms with Gasteiger partial charge in [0.05, 0.1) is 0 Å². The molecule has 0 bridgehead atoms. The number of amides is 3. The molecule has 3 rings (SSSR count). The maximum Gasteiger partial charge on any atom is 0.405 e. The summed E-state index contributed by atoms with van der Waals surface area (Å²) in [4.78, 5) is 23.6. The van der Waals surface area contributed by atoms with Gasteiger partial charge < -0.3 is 10.6 Å². The van der Waals surface area contributed by atoms with Gasteiger partial charge in [-0.1, -0.05) is 6.07 Å². The molecule has 0 spiro atoms. The average Bonchev–Trinajstić information content (AvgIpc) is 3.19. The highest BCUT2D eigenvalue weighted by Gasteiger charge is 2.30. The van der Waals surface area contributed by atoms with E-state index in [-0.39, 0.29) is 0 Å². The van der Waals surface area contributed by atoms with Crippen LogP contribution in [0.4, 0.5) is 23.7 Å². The van der Waals surface area contributed by atoms with E-state index in [0.29, 0.717) is 5.69 Å². The molecule has 0 aliphatic heterocycles. The number of carbonyl (C=O) groups is 2. The topological polar surface area (TPSA) is 104 Å². The summed E-state index contributed by atoms with van der Waals surface area (Å²) in [7, 11) is -4.44. The first kappa shape index (κ1) is 20.4. The van der Waals surface area contributed by atoms with E-state index in [0.717, 1.165) is 60.8 Å². The van der Waals surface area contributed by atoms with Crippen LogP contribution in [0.5, 0.6) is 0 Å². The monoisotopic (exact) mass is 419 g/mol. The lowest BCUT2D eigenvalue weighted by Crippen LogP contribution is -2.43. The summed E-state index contributed by atoms with van der Waals surface area (Å²) in [5.41, 5.74) is 4.90. The van der Waals surface area contributed by atoms with Crippen molar-refractivity contribution in [2.45, 2.75) is 44.7 Å². The highest BCUT2D eigenvalue weighted by Crippen LogP contribution is 2.38. The lowest BCUT2D eigenvalue weighted by molar-refractivity contribution is -0.137. The number of nitrogens with one attached hydrogen (secondary N) is 3. The smallest absolute Gasteiger partial charge is 0.346 e. The molecule has 3 amide bonds. The van der Waals surface area contributed by atoms with Crippen molar-refractivity contribution < 1.29 is 31.2 Å². The number of anilines is 1. The van der Waals surface area contributed by atoms with Crippen molar-refractivity contribution in [1.29, 1.82) is 0 Å². The molecule has 0 atom stereocenters. The van der Waals surface area contributed by atoms with Gasteiger partial charge in [-0.2, -0.15) is 13.2 Å². The molecule has 0 unspecified atom stereocenters. The molecule has 1 aromatic rings. The number of rotatable bonds is 5. The normalized spacial score (nSPS) is 15.7. The summed E-state index contributed by atoms with van der Waals surface area (Å²) in [5.74, 6) is -2.62. The molecule has 154 valence electrons. The third-order valence-electron chi connectivity index (χ3n) is 4.77. The van der Waals surface area contributed by atoms with Gasteiger partial charge in [-0.15, -0.1) is 0 Å². The van der Waals surface area contributed by atoms with E-state index in [1.807, 2.05) is 0 Å². The molecule has 7 nitrogen and oxygen atoms in total. The molecule has 2 aliphatic rings. The van der Waals surface area contributed by atoms with Crippen molar-refractivity contribution in [2.75, 3.05) is 17.6 Å². The molecule has 0 heterocycles. The number of hydrogen-bond donors (Lipinski definition) is 3. The van der Waals surface area contributed by atoms with E-state index in [1.165, 1.54) is 5.32 Å². The lowest BCUT2D eigenvalue weighted by atomic mass is 9.99. The number of sulfonamides is 1. The summed E-state index contributed by atoms with van der Waals surface area (Å²) in [6.45, 7) is -1.64. The summed E-state index contributed by atoms with van der Waals surface area (Å²) in [5, 5.41) is 4.04. The molecule has 1 aromatic carbocycles. The van der Waals surface area contributed by atoms with Crippen molar-refractivity contribution >= 4 is 27.6 Å².